The molecule has 1 aliphatic heterocycles. The first-order valence-corrected chi connectivity index (χ1v) is 9.34. The number of hydrogen-bond donors (Lipinski definition) is 2. The van der Waals surface area contributed by atoms with Crippen molar-refractivity contribution in [3.63, 3.8) is 0 Å². The Hall–Kier alpha value is -1.54. The van der Waals surface area contributed by atoms with Gasteiger partial charge >= 0.3 is 0 Å². The molecular weight excluding hydrogens is 372 g/mol. The molecule has 8 heteroatoms. The number of rotatable bonds is 5. The van der Waals surface area contributed by atoms with Crippen LogP contribution >= 0.6 is 23.7 Å². The number of carbonyl (C=O) groups is 1. The lowest BCUT2D eigenvalue weighted by molar-refractivity contribution is -0.119. The van der Waals surface area contributed by atoms with E-state index in [-0.39, 0.29) is 29.6 Å². The lowest BCUT2D eigenvalue weighted by Gasteiger charge is -2.26. The predicted molar refractivity (Wildman–Crippen MR) is 106 cm³/mol. The summed E-state index contributed by atoms with van der Waals surface area (Å²) in [5.41, 5.74) is 6.99. The van der Waals surface area contributed by atoms with Crippen LogP contribution in [-0.2, 0) is 14.9 Å². The second-order valence-electron chi connectivity index (χ2n) is 6.87. The van der Waals surface area contributed by atoms with Crippen LogP contribution in [0.3, 0.4) is 0 Å². The number of amides is 1. The molecule has 2 heterocycles. The molecule has 6 nitrogen and oxygen atoms in total. The zero-order valence-electron chi connectivity index (χ0n) is 15.0. The number of benzene rings is 1. The number of halogens is 1. The van der Waals surface area contributed by atoms with Gasteiger partial charge in [-0.1, -0.05) is 41.7 Å². The van der Waals surface area contributed by atoms with Gasteiger partial charge in [0.2, 0.25) is 11.0 Å². The van der Waals surface area contributed by atoms with Gasteiger partial charge in [-0.05, 0) is 38.2 Å². The number of hydrogen-bond acceptors (Lipinski definition) is 6. The molecule has 26 heavy (non-hydrogen) atoms. The predicted octanol–water partition coefficient (Wildman–Crippen LogP) is 2.98. The third kappa shape index (κ3) is 4.59. The molecule has 1 unspecified atom stereocenters. The van der Waals surface area contributed by atoms with E-state index >= 15 is 0 Å². The van der Waals surface area contributed by atoms with Crippen molar-refractivity contribution < 1.29 is 9.53 Å². The van der Waals surface area contributed by atoms with Crippen LogP contribution in [0.2, 0.25) is 0 Å². The Morgan fingerprint density at radius 2 is 1.92 bits per heavy atom. The van der Waals surface area contributed by atoms with Crippen molar-refractivity contribution in [1.29, 1.82) is 0 Å². The Morgan fingerprint density at radius 3 is 2.58 bits per heavy atom. The van der Waals surface area contributed by atoms with Crippen LogP contribution in [0.1, 0.15) is 37.3 Å². The van der Waals surface area contributed by atoms with Crippen LogP contribution < -0.4 is 11.1 Å². The van der Waals surface area contributed by atoms with Crippen molar-refractivity contribution in [2.75, 3.05) is 18.5 Å². The van der Waals surface area contributed by atoms with Gasteiger partial charge in [0, 0.05) is 18.6 Å². The molecule has 1 saturated heterocycles. The zero-order chi connectivity index (χ0) is 17.9. The standard InChI is InChI=1S/C18H24N4O2S.ClH/c1-18(2,13-6-4-3-5-7-13)16-21-22-17(25-16)20-15(23)14(19)12-8-10-24-11-9-12;/h3-7,12,14H,8-11,19H2,1-2H3,(H,20,22,23);1H. The molecule has 3 rings (SSSR count). The summed E-state index contributed by atoms with van der Waals surface area (Å²) in [5.74, 6) is -0.0472. The van der Waals surface area contributed by atoms with E-state index in [0.717, 1.165) is 23.4 Å². The fourth-order valence-corrected chi connectivity index (χ4v) is 3.85. The Morgan fingerprint density at radius 1 is 1.27 bits per heavy atom. The second kappa shape index (κ2) is 8.90. The molecule has 142 valence electrons. The molecular formula is C18H25ClN4O2S. The lowest BCUT2D eigenvalue weighted by Crippen LogP contribution is -2.44. The van der Waals surface area contributed by atoms with Gasteiger partial charge in [-0.15, -0.1) is 22.6 Å². The first kappa shape index (κ1) is 20.8. The highest BCUT2D eigenvalue weighted by molar-refractivity contribution is 7.15. The van der Waals surface area contributed by atoms with Gasteiger partial charge in [-0.3, -0.25) is 10.1 Å². The summed E-state index contributed by atoms with van der Waals surface area (Å²) in [6.07, 6.45) is 1.63. The van der Waals surface area contributed by atoms with Crippen LogP contribution in [0.25, 0.3) is 0 Å². The first-order chi connectivity index (χ1) is 12.0. The van der Waals surface area contributed by atoms with E-state index in [0.29, 0.717) is 18.3 Å². The summed E-state index contributed by atoms with van der Waals surface area (Å²) >= 11 is 1.39. The van der Waals surface area contributed by atoms with Crippen molar-refractivity contribution in [3.8, 4) is 0 Å². The summed E-state index contributed by atoms with van der Waals surface area (Å²) in [6.45, 7) is 5.53. The molecule has 1 atom stereocenters. The van der Waals surface area contributed by atoms with E-state index in [1.165, 1.54) is 11.3 Å². The van der Waals surface area contributed by atoms with Crippen molar-refractivity contribution in [2.24, 2.45) is 11.7 Å². The molecule has 0 aliphatic carbocycles. The highest BCUT2D eigenvalue weighted by Crippen LogP contribution is 2.34. The average molecular weight is 397 g/mol. The van der Waals surface area contributed by atoms with Crippen molar-refractivity contribution in [3.05, 3.63) is 40.9 Å². The number of anilines is 1. The van der Waals surface area contributed by atoms with Gasteiger partial charge in [0.05, 0.1) is 6.04 Å². The Balaban J connectivity index is 0.00000243. The summed E-state index contributed by atoms with van der Waals surface area (Å²) < 4.78 is 5.32. The van der Waals surface area contributed by atoms with Crippen LogP contribution in [-0.4, -0.2) is 35.4 Å². The molecule has 0 saturated carbocycles. The number of nitrogens with zero attached hydrogens (tertiary/aromatic N) is 2. The summed E-state index contributed by atoms with van der Waals surface area (Å²) in [7, 11) is 0. The fourth-order valence-electron chi connectivity index (χ4n) is 2.98. The molecule has 0 bridgehead atoms. The summed E-state index contributed by atoms with van der Waals surface area (Å²) in [5, 5.41) is 12.6. The van der Waals surface area contributed by atoms with E-state index in [2.05, 4.69) is 41.5 Å². The van der Waals surface area contributed by atoms with E-state index in [1.54, 1.807) is 0 Å². The van der Waals surface area contributed by atoms with Gasteiger partial charge in [0.15, 0.2) is 0 Å². The maximum Gasteiger partial charge on any atom is 0.243 e. The average Bonchev–Trinajstić information content (AvgIpc) is 3.12. The zero-order valence-corrected chi connectivity index (χ0v) is 16.6. The minimum absolute atomic E-state index is 0. The Labute approximate surface area is 163 Å². The monoisotopic (exact) mass is 396 g/mol. The maximum atomic E-state index is 12.4. The fraction of sp³-hybridized carbons (Fsp3) is 0.500. The molecule has 3 N–H and O–H groups in total. The number of aromatic nitrogens is 2. The Bertz CT molecular complexity index is 717. The molecule has 0 spiro atoms. The van der Waals surface area contributed by atoms with Crippen LogP contribution in [0.5, 0.6) is 0 Å². The smallest absolute Gasteiger partial charge is 0.243 e. The van der Waals surface area contributed by atoms with Crippen LogP contribution in [0.15, 0.2) is 30.3 Å². The third-order valence-corrected chi connectivity index (χ3v) is 5.92. The van der Waals surface area contributed by atoms with E-state index in [4.69, 9.17) is 10.5 Å². The molecule has 1 fully saturated rings. The molecule has 1 aromatic carbocycles. The first-order valence-electron chi connectivity index (χ1n) is 8.52. The van der Waals surface area contributed by atoms with Gasteiger partial charge in [0.1, 0.15) is 5.01 Å². The summed E-state index contributed by atoms with van der Waals surface area (Å²) in [6, 6.07) is 9.60. The molecule has 1 amide bonds. The van der Waals surface area contributed by atoms with E-state index in [1.807, 2.05) is 18.2 Å². The molecule has 0 radical (unpaired) electrons. The van der Waals surface area contributed by atoms with Gasteiger partial charge in [-0.2, -0.15) is 0 Å². The van der Waals surface area contributed by atoms with E-state index < -0.39 is 6.04 Å². The molecule has 1 aliphatic rings. The molecule has 1 aromatic heterocycles. The van der Waals surface area contributed by atoms with E-state index in [9.17, 15) is 4.79 Å². The van der Waals surface area contributed by atoms with Crippen molar-refractivity contribution in [1.82, 2.24) is 10.2 Å². The minimum Gasteiger partial charge on any atom is -0.381 e. The number of ether oxygens (including phenoxy) is 1. The number of nitrogens with two attached hydrogens (primary N) is 1. The SMILES string of the molecule is CC(C)(c1ccccc1)c1nnc(NC(=O)C(N)C2CCOCC2)s1.Cl. The minimum atomic E-state index is -0.543. The molecule has 2 aromatic rings. The van der Waals surface area contributed by atoms with Crippen molar-refractivity contribution >= 4 is 34.8 Å². The number of nitrogens with one attached hydrogen (secondary N) is 1. The van der Waals surface area contributed by atoms with Gasteiger partial charge < -0.3 is 10.5 Å². The Kier molecular flexibility index (Phi) is 7.11. The van der Waals surface area contributed by atoms with Gasteiger partial charge in [0.25, 0.3) is 0 Å². The normalized spacial score (nSPS) is 16.6. The quantitative estimate of drug-likeness (QED) is 0.810. The largest absolute Gasteiger partial charge is 0.381 e. The third-order valence-electron chi connectivity index (χ3n) is 4.76. The maximum absolute atomic E-state index is 12.4. The van der Waals surface area contributed by atoms with Crippen LogP contribution in [0.4, 0.5) is 5.13 Å². The summed E-state index contributed by atoms with van der Waals surface area (Å²) in [4.78, 5) is 12.4. The topological polar surface area (TPSA) is 90.1 Å². The highest BCUT2D eigenvalue weighted by Gasteiger charge is 2.30. The van der Waals surface area contributed by atoms with Gasteiger partial charge in [-0.25, -0.2) is 0 Å². The highest BCUT2D eigenvalue weighted by atomic mass is 35.5. The number of carbonyl (C=O) groups excluding carboxylic acids is 1. The second-order valence-corrected chi connectivity index (χ2v) is 7.85. The lowest BCUT2D eigenvalue weighted by atomic mass is 9.85. The van der Waals surface area contributed by atoms with Crippen molar-refractivity contribution in [2.45, 2.75) is 38.1 Å². The van der Waals surface area contributed by atoms with Crippen LogP contribution in [0, 0.1) is 5.92 Å².